The van der Waals surface area contributed by atoms with E-state index in [9.17, 15) is 18.0 Å². The SMILES string of the molecule is Cc1nc2ccc(OC(F)(F)F)cc2c(-c2cccc(Cl)c2)c1C(C)C=O. The van der Waals surface area contributed by atoms with Crippen molar-refractivity contribution in [3.8, 4) is 16.9 Å². The van der Waals surface area contributed by atoms with Gasteiger partial charge in [-0.2, -0.15) is 0 Å². The molecule has 0 N–H and O–H groups in total. The van der Waals surface area contributed by atoms with Gasteiger partial charge in [-0.15, -0.1) is 13.2 Å². The number of aromatic nitrogens is 1. The first-order chi connectivity index (χ1) is 12.7. The van der Waals surface area contributed by atoms with Gasteiger partial charge in [0.1, 0.15) is 12.0 Å². The van der Waals surface area contributed by atoms with Gasteiger partial charge in [0.05, 0.1) is 5.52 Å². The zero-order valence-corrected chi connectivity index (χ0v) is 15.2. The van der Waals surface area contributed by atoms with Crippen LogP contribution >= 0.6 is 11.6 Å². The zero-order chi connectivity index (χ0) is 19.8. The number of carbonyl (C=O) groups is 1. The number of pyridine rings is 1. The highest BCUT2D eigenvalue weighted by Gasteiger charge is 2.31. The van der Waals surface area contributed by atoms with Crippen LogP contribution in [0, 0.1) is 6.92 Å². The van der Waals surface area contributed by atoms with Crippen molar-refractivity contribution in [1.29, 1.82) is 0 Å². The van der Waals surface area contributed by atoms with Crippen molar-refractivity contribution < 1.29 is 22.7 Å². The van der Waals surface area contributed by atoms with Gasteiger partial charge >= 0.3 is 6.36 Å². The number of aryl methyl sites for hydroxylation is 1. The lowest BCUT2D eigenvalue weighted by Crippen LogP contribution is -2.17. The van der Waals surface area contributed by atoms with Crippen molar-refractivity contribution in [1.82, 2.24) is 4.98 Å². The van der Waals surface area contributed by atoms with Crippen LogP contribution in [0.15, 0.2) is 42.5 Å². The van der Waals surface area contributed by atoms with E-state index in [1.54, 1.807) is 38.1 Å². The monoisotopic (exact) mass is 393 g/mol. The molecule has 0 radical (unpaired) electrons. The van der Waals surface area contributed by atoms with Gasteiger partial charge in [-0.1, -0.05) is 30.7 Å². The molecular formula is C20H15ClF3NO2. The minimum Gasteiger partial charge on any atom is -0.406 e. The van der Waals surface area contributed by atoms with Crippen molar-refractivity contribution >= 4 is 28.8 Å². The normalized spacial score (nSPS) is 12.8. The summed E-state index contributed by atoms with van der Waals surface area (Å²) in [5, 5.41) is 0.927. The van der Waals surface area contributed by atoms with Crippen LogP contribution < -0.4 is 4.74 Å². The van der Waals surface area contributed by atoms with Crippen molar-refractivity contribution in [3.63, 3.8) is 0 Å². The van der Waals surface area contributed by atoms with E-state index in [1.807, 2.05) is 0 Å². The molecule has 1 atom stereocenters. The van der Waals surface area contributed by atoms with Gasteiger partial charge in [0.25, 0.3) is 0 Å². The van der Waals surface area contributed by atoms with Crippen LogP contribution in [0.5, 0.6) is 5.75 Å². The Hall–Kier alpha value is -2.60. The molecule has 0 saturated carbocycles. The van der Waals surface area contributed by atoms with E-state index in [0.717, 1.165) is 6.29 Å². The molecule has 0 aliphatic carbocycles. The van der Waals surface area contributed by atoms with Crippen LogP contribution in [0.25, 0.3) is 22.0 Å². The van der Waals surface area contributed by atoms with E-state index in [-0.39, 0.29) is 5.75 Å². The summed E-state index contributed by atoms with van der Waals surface area (Å²) in [6.45, 7) is 3.48. The minimum absolute atomic E-state index is 0.353. The van der Waals surface area contributed by atoms with Gasteiger partial charge in [0, 0.05) is 22.0 Å². The van der Waals surface area contributed by atoms with Gasteiger partial charge in [0.15, 0.2) is 0 Å². The predicted octanol–water partition coefficient (Wildman–Crippen LogP) is 6.06. The molecule has 3 aromatic rings. The first-order valence-electron chi connectivity index (χ1n) is 8.11. The second kappa shape index (κ2) is 7.19. The minimum atomic E-state index is -4.80. The molecule has 0 fully saturated rings. The molecule has 1 unspecified atom stereocenters. The maximum absolute atomic E-state index is 12.6. The summed E-state index contributed by atoms with van der Waals surface area (Å²) in [5.41, 5.74) is 3.07. The van der Waals surface area contributed by atoms with Gasteiger partial charge < -0.3 is 9.53 Å². The summed E-state index contributed by atoms with van der Waals surface area (Å²) in [7, 11) is 0. The first-order valence-corrected chi connectivity index (χ1v) is 8.48. The molecule has 2 aromatic carbocycles. The molecule has 0 aliphatic rings. The fourth-order valence-electron chi connectivity index (χ4n) is 3.16. The standard InChI is InChI=1S/C20H15ClF3NO2/c1-11(10-26)18-12(2)25-17-7-6-15(27-20(22,23)24)9-16(17)19(18)13-4-3-5-14(21)8-13/h3-11H,1-2H3. The summed E-state index contributed by atoms with van der Waals surface area (Å²) < 4.78 is 42.0. The largest absolute Gasteiger partial charge is 0.573 e. The van der Waals surface area contributed by atoms with Gasteiger partial charge in [-0.05, 0) is 53.9 Å². The maximum Gasteiger partial charge on any atom is 0.573 e. The lowest BCUT2D eigenvalue weighted by Gasteiger charge is -2.19. The Morgan fingerprint density at radius 1 is 1.19 bits per heavy atom. The van der Waals surface area contributed by atoms with Crippen LogP contribution in [0.1, 0.15) is 24.1 Å². The molecule has 27 heavy (non-hydrogen) atoms. The molecular weight excluding hydrogens is 379 g/mol. The van der Waals surface area contributed by atoms with Crippen LogP contribution in [0.3, 0.4) is 0 Å². The van der Waals surface area contributed by atoms with Crippen LogP contribution in [-0.4, -0.2) is 17.6 Å². The van der Waals surface area contributed by atoms with Crippen molar-refractivity contribution in [3.05, 3.63) is 58.7 Å². The molecule has 1 aromatic heterocycles. The number of fused-ring (bicyclic) bond motifs is 1. The van der Waals surface area contributed by atoms with Crippen molar-refractivity contribution in [2.24, 2.45) is 0 Å². The third kappa shape index (κ3) is 4.06. The number of aldehydes is 1. The van der Waals surface area contributed by atoms with E-state index in [2.05, 4.69) is 9.72 Å². The highest BCUT2D eigenvalue weighted by Crippen LogP contribution is 2.39. The molecule has 0 amide bonds. The fraction of sp³-hybridized carbons (Fsp3) is 0.200. The number of alkyl halides is 3. The Morgan fingerprint density at radius 2 is 1.93 bits per heavy atom. The number of hydrogen-bond donors (Lipinski definition) is 0. The number of ether oxygens (including phenoxy) is 1. The predicted molar refractivity (Wildman–Crippen MR) is 98.1 cm³/mol. The van der Waals surface area contributed by atoms with E-state index < -0.39 is 12.3 Å². The van der Waals surface area contributed by atoms with Gasteiger partial charge in [-0.25, -0.2) is 0 Å². The van der Waals surface area contributed by atoms with Crippen LogP contribution in [0.2, 0.25) is 5.02 Å². The number of halogens is 4. The van der Waals surface area contributed by atoms with Crippen molar-refractivity contribution in [2.45, 2.75) is 26.1 Å². The van der Waals surface area contributed by atoms with Gasteiger partial charge in [0.2, 0.25) is 0 Å². The second-order valence-corrected chi connectivity index (χ2v) is 6.58. The number of carbonyl (C=O) groups excluding carboxylic acids is 1. The third-order valence-corrected chi connectivity index (χ3v) is 4.43. The third-order valence-electron chi connectivity index (χ3n) is 4.19. The number of nitrogens with zero attached hydrogens (tertiary/aromatic N) is 1. The number of rotatable bonds is 4. The summed E-state index contributed by atoms with van der Waals surface area (Å²) in [6.07, 6.45) is -4.03. The Labute approximate surface area is 158 Å². The first kappa shape index (κ1) is 19.2. The molecule has 0 aliphatic heterocycles. The molecule has 0 saturated heterocycles. The molecule has 1 heterocycles. The average Bonchev–Trinajstić information content (AvgIpc) is 2.59. The molecule has 0 spiro atoms. The number of hydrogen-bond acceptors (Lipinski definition) is 3. The average molecular weight is 394 g/mol. The Morgan fingerprint density at radius 3 is 2.56 bits per heavy atom. The highest BCUT2D eigenvalue weighted by atomic mass is 35.5. The Bertz CT molecular complexity index is 1020. The van der Waals surface area contributed by atoms with E-state index in [0.29, 0.717) is 38.3 Å². The summed E-state index contributed by atoms with van der Waals surface area (Å²) in [6, 6.07) is 10.9. The maximum atomic E-state index is 12.6. The molecule has 7 heteroatoms. The van der Waals surface area contributed by atoms with Crippen molar-refractivity contribution in [2.75, 3.05) is 0 Å². The molecule has 3 nitrogen and oxygen atoms in total. The van der Waals surface area contributed by atoms with Gasteiger partial charge in [-0.3, -0.25) is 4.98 Å². The smallest absolute Gasteiger partial charge is 0.406 e. The summed E-state index contributed by atoms with van der Waals surface area (Å²) in [5.74, 6) is -0.850. The number of benzene rings is 2. The molecule has 140 valence electrons. The lowest BCUT2D eigenvalue weighted by atomic mass is 9.88. The molecule has 0 bridgehead atoms. The van der Waals surface area contributed by atoms with E-state index in [4.69, 9.17) is 11.6 Å². The zero-order valence-electron chi connectivity index (χ0n) is 14.5. The van der Waals surface area contributed by atoms with Crippen LogP contribution in [0.4, 0.5) is 13.2 Å². The highest BCUT2D eigenvalue weighted by molar-refractivity contribution is 6.31. The van der Waals surface area contributed by atoms with E-state index >= 15 is 0 Å². The second-order valence-electron chi connectivity index (χ2n) is 6.15. The summed E-state index contributed by atoms with van der Waals surface area (Å²) in [4.78, 5) is 15.9. The fourth-order valence-corrected chi connectivity index (χ4v) is 3.35. The van der Waals surface area contributed by atoms with Crippen LogP contribution in [-0.2, 0) is 4.79 Å². The quantitative estimate of drug-likeness (QED) is 0.505. The Kier molecular flexibility index (Phi) is 5.11. The topological polar surface area (TPSA) is 39.2 Å². The Balaban J connectivity index is 2.37. The summed E-state index contributed by atoms with van der Waals surface area (Å²) >= 11 is 6.11. The lowest BCUT2D eigenvalue weighted by molar-refractivity contribution is -0.274. The molecule has 3 rings (SSSR count). The van der Waals surface area contributed by atoms with E-state index in [1.165, 1.54) is 18.2 Å².